The molecule has 2 aromatic rings. The minimum absolute atomic E-state index is 0.0315. The fourth-order valence-electron chi connectivity index (χ4n) is 4.90. The summed E-state index contributed by atoms with van der Waals surface area (Å²) >= 11 is 5.94. The van der Waals surface area contributed by atoms with Crippen LogP contribution >= 0.6 is 11.6 Å². The largest absolute Gasteiger partial charge is 0.436 e. The number of piperidine rings is 1. The number of aromatic nitrogens is 2. The second kappa shape index (κ2) is 7.70. The number of ether oxygens (including phenoxy) is 1. The van der Waals surface area contributed by atoms with Crippen molar-refractivity contribution in [1.29, 1.82) is 0 Å². The van der Waals surface area contributed by atoms with Crippen molar-refractivity contribution in [3.05, 3.63) is 40.3 Å². The van der Waals surface area contributed by atoms with Gasteiger partial charge in [-0.05, 0) is 37.8 Å². The van der Waals surface area contributed by atoms with Crippen LogP contribution in [0.3, 0.4) is 0 Å². The molecule has 3 N–H and O–H groups in total. The highest BCUT2D eigenvalue weighted by atomic mass is 35.5. The van der Waals surface area contributed by atoms with Gasteiger partial charge in [0.25, 0.3) is 5.91 Å². The molecule has 188 valence electrons. The first kappa shape index (κ1) is 23.6. The van der Waals surface area contributed by atoms with Gasteiger partial charge in [0.15, 0.2) is 17.5 Å². The molecule has 0 unspecified atom stereocenters. The van der Waals surface area contributed by atoms with Crippen molar-refractivity contribution in [3.63, 3.8) is 0 Å². The molecule has 1 aliphatic carbocycles. The second-order valence-corrected chi connectivity index (χ2v) is 9.40. The number of nitrogens with two attached hydrogens (primary N) is 1. The third-order valence-corrected chi connectivity index (χ3v) is 6.95. The Morgan fingerprint density at radius 3 is 2.66 bits per heavy atom. The van der Waals surface area contributed by atoms with Crippen LogP contribution in [0.15, 0.2) is 18.3 Å². The average molecular weight is 520 g/mol. The van der Waals surface area contributed by atoms with Crippen LogP contribution in [0.2, 0.25) is 5.02 Å². The molecular formula is C21H19ClF5N5O3. The molecule has 0 radical (unpaired) electrons. The lowest BCUT2D eigenvalue weighted by atomic mass is 9.83. The Labute approximate surface area is 200 Å². The predicted octanol–water partition coefficient (Wildman–Crippen LogP) is 4.56. The highest BCUT2D eigenvalue weighted by Crippen LogP contribution is 2.55. The van der Waals surface area contributed by atoms with E-state index in [9.17, 15) is 27.2 Å². The van der Waals surface area contributed by atoms with Crippen LogP contribution in [-0.4, -0.2) is 51.6 Å². The SMILES string of the molecule is Nc1c(C(=O)N2CCC[C@@]3(C2)OC(=O)Nc2ccc(Cl)c(F)c23)cnn1[C@@H](C(F)(F)F)C1(F)CC1. The van der Waals surface area contributed by atoms with Crippen molar-refractivity contribution in [2.45, 2.75) is 49.2 Å². The van der Waals surface area contributed by atoms with E-state index in [1.54, 1.807) is 0 Å². The first-order valence-electron chi connectivity index (χ1n) is 10.7. The number of carbonyl (C=O) groups is 2. The number of anilines is 2. The van der Waals surface area contributed by atoms with Gasteiger partial charge >= 0.3 is 12.3 Å². The molecule has 2 atom stereocenters. The summed E-state index contributed by atoms with van der Waals surface area (Å²) in [6.45, 7) is -0.173. The van der Waals surface area contributed by atoms with Crippen LogP contribution in [0.5, 0.6) is 0 Å². The molecule has 5 rings (SSSR count). The third-order valence-electron chi connectivity index (χ3n) is 6.65. The molecule has 1 saturated carbocycles. The molecule has 3 heterocycles. The Kier molecular flexibility index (Phi) is 5.20. The van der Waals surface area contributed by atoms with E-state index in [4.69, 9.17) is 22.1 Å². The molecule has 1 saturated heterocycles. The number of fused-ring (bicyclic) bond motifs is 2. The van der Waals surface area contributed by atoms with Crippen molar-refractivity contribution in [3.8, 4) is 0 Å². The van der Waals surface area contributed by atoms with Crippen LogP contribution in [0.4, 0.5) is 38.3 Å². The van der Waals surface area contributed by atoms with Crippen molar-refractivity contribution < 1.29 is 36.3 Å². The van der Waals surface area contributed by atoms with Crippen molar-refractivity contribution >= 4 is 35.1 Å². The van der Waals surface area contributed by atoms with Gasteiger partial charge in [-0.1, -0.05) is 11.6 Å². The first-order chi connectivity index (χ1) is 16.4. The average Bonchev–Trinajstić information content (AvgIpc) is 3.40. The fraction of sp³-hybridized carbons (Fsp3) is 0.476. The lowest BCUT2D eigenvalue weighted by Gasteiger charge is -2.45. The lowest BCUT2D eigenvalue weighted by molar-refractivity contribution is -0.189. The smallest absolute Gasteiger partial charge is 0.414 e. The van der Waals surface area contributed by atoms with Crippen LogP contribution in [-0.2, 0) is 10.3 Å². The zero-order chi connectivity index (χ0) is 25.3. The van der Waals surface area contributed by atoms with Crippen molar-refractivity contribution in [1.82, 2.24) is 14.7 Å². The fourth-order valence-corrected chi connectivity index (χ4v) is 5.06. The minimum Gasteiger partial charge on any atom is -0.436 e. The van der Waals surface area contributed by atoms with Crippen LogP contribution in [0.1, 0.15) is 47.6 Å². The van der Waals surface area contributed by atoms with Crippen LogP contribution < -0.4 is 11.1 Å². The van der Waals surface area contributed by atoms with E-state index in [1.165, 1.54) is 17.0 Å². The highest BCUT2D eigenvalue weighted by Gasteiger charge is 2.63. The topological polar surface area (TPSA) is 102 Å². The number of rotatable bonds is 3. The van der Waals surface area contributed by atoms with Gasteiger partial charge < -0.3 is 15.4 Å². The summed E-state index contributed by atoms with van der Waals surface area (Å²) in [4.78, 5) is 26.7. The van der Waals surface area contributed by atoms with Crippen molar-refractivity contribution in [2.24, 2.45) is 0 Å². The second-order valence-electron chi connectivity index (χ2n) is 8.99. The molecule has 1 aromatic carbocycles. The Bertz CT molecular complexity index is 1230. The summed E-state index contributed by atoms with van der Waals surface area (Å²) in [6, 6.07) is 0.0516. The van der Waals surface area contributed by atoms with Gasteiger partial charge in [-0.2, -0.15) is 18.3 Å². The third kappa shape index (κ3) is 3.76. The number of nitrogens with one attached hydrogen (secondary N) is 1. The maximum absolute atomic E-state index is 15.0. The summed E-state index contributed by atoms with van der Waals surface area (Å²) in [6.07, 6.45) is -5.15. The molecule has 3 aliphatic rings. The number of hydrogen-bond donors (Lipinski definition) is 2. The molecule has 0 bridgehead atoms. The van der Waals surface area contributed by atoms with E-state index in [0.29, 0.717) is 4.68 Å². The van der Waals surface area contributed by atoms with Crippen LogP contribution in [0, 0.1) is 5.82 Å². The Morgan fingerprint density at radius 1 is 1.29 bits per heavy atom. The Morgan fingerprint density at radius 2 is 2.00 bits per heavy atom. The predicted molar refractivity (Wildman–Crippen MR) is 113 cm³/mol. The summed E-state index contributed by atoms with van der Waals surface area (Å²) in [5, 5.41) is 5.78. The van der Waals surface area contributed by atoms with Gasteiger partial charge in [-0.25, -0.2) is 18.3 Å². The maximum Gasteiger partial charge on any atom is 0.414 e. The number of halogens is 6. The zero-order valence-corrected chi connectivity index (χ0v) is 18.7. The number of carbonyl (C=O) groups excluding carboxylic acids is 2. The number of hydrogen-bond acceptors (Lipinski definition) is 5. The van der Waals surface area contributed by atoms with Gasteiger partial charge in [0.05, 0.1) is 29.0 Å². The zero-order valence-electron chi connectivity index (χ0n) is 18.0. The number of likely N-dealkylation sites (tertiary alicyclic amines) is 1. The maximum atomic E-state index is 15.0. The van der Waals surface area contributed by atoms with Gasteiger partial charge in [-0.3, -0.25) is 10.1 Å². The summed E-state index contributed by atoms with van der Waals surface area (Å²) < 4.78 is 76.2. The summed E-state index contributed by atoms with van der Waals surface area (Å²) in [5.41, 5.74) is 1.48. The van der Waals surface area contributed by atoms with E-state index >= 15 is 4.39 Å². The van der Waals surface area contributed by atoms with E-state index in [0.717, 1.165) is 6.20 Å². The molecular weight excluding hydrogens is 501 g/mol. The minimum atomic E-state index is -4.98. The summed E-state index contributed by atoms with van der Waals surface area (Å²) in [7, 11) is 0. The standard InChI is InChI=1S/C21H19ClF5N5O3/c22-11-2-3-12-13(14(11)23)20(35-18(34)30-12)4-1-7-31(9-20)16(33)10-8-29-32(15(10)28)17(21(25,26)27)19(24)5-6-19/h2-3,8,17H,1,4-7,9,28H2,(H,30,34)/t17-,20+/m1/s1. The van der Waals surface area contributed by atoms with E-state index in [1.807, 2.05) is 0 Å². The molecule has 14 heteroatoms. The lowest BCUT2D eigenvalue weighted by Crippen LogP contribution is -2.53. The van der Waals surface area contributed by atoms with E-state index < -0.39 is 47.1 Å². The molecule has 2 amide bonds. The molecule has 35 heavy (non-hydrogen) atoms. The van der Waals surface area contributed by atoms with Gasteiger partial charge in [-0.15, -0.1) is 0 Å². The Balaban J connectivity index is 1.48. The number of benzene rings is 1. The number of nitrogens with zero attached hydrogens (tertiary/aromatic N) is 3. The van der Waals surface area contributed by atoms with Crippen molar-refractivity contribution in [2.75, 3.05) is 24.1 Å². The monoisotopic (exact) mass is 519 g/mol. The molecule has 2 aliphatic heterocycles. The van der Waals surface area contributed by atoms with E-state index in [2.05, 4.69) is 10.4 Å². The number of nitrogen functional groups attached to an aromatic ring is 1. The molecule has 1 spiro atoms. The van der Waals surface area contributed by atoms with Gasteiger partial charge in [0.2, 0.25) is 0 Å². The van der Waals surface area contributed by atoms with Gasteiger partial charge in [0.1, 0.15) is 17.1 Å². The van der Waals surface area contributed by atoms with E-state index in [-0.39, 0.29) is 60.6 Å². The summed E-state index contributed by atoms with van der Waals surface area (Å²) in [5.74, 6) is -2.27. The van der Waals surface area contributed by atoms with Gasteiger partial charge in [0, 0.05) is 6.54 Å². The number of amides is 2. The quantitative estimate of drug-likeness (QED) is 0.579. The highest BCUT2D eigenvalue weighted by molar-refractivity contribution is 6.31. The Hall–Kier alpha value is -3.09. The molecule has 8 nitrogen and oxygen atoms in total. The molecule has 1 aromatic heterocycles. The molecule has 2 fully saturated rings. The number of alkyl halides is 4. The van der Waals surface area contributed by atoms with Crippen LogP contribution in [0.25, 0.3) is 0 Å². The normalized spacial score (nSPS) is 23.9. The first-order valence-corrected chi connectivity index (χ1v) is 11.1.